The third-order valence-electron chi connectivity index (χ3n) is 30.1. The summed E-state index contributed by atoms with van der Waals surface area (Å²) in [7, 11) is 0. The third kappa shape index (κ3) is 17.5. The molecule has 0 atom stereocenters. The molecule has 0 fully saturated rings. The van der Waals surface area contributed by atoms with Crippen LogP contribution < -0.4 is 26.2 Å². The van der Waals surface area contributed by atoms with Crippen LogP contribution in [-0.4, -0.2) is 15.8 Å². The van der Waals surface area contributed by atoms with Crippen molar-refractivity contribution in [1.82, 2.24) is 9.13 Å². The van der Waals surface area contributed by atoms with E-state index in [4.69, 9.17) is 0 Å². The topological polar surface area (TPSA) is 16.3 Å². The highest BCUT2D eigenvalue weighted by Crippen LogP contribution is 2.57. The first kappa shape index (κ1) is 95.6. The maximum atomic E-state index is 2.83. The first-order chi connectivity index (χ1) is 63.5. The lowest BCUT2D eigenvalue weighted by Crippen LogP contribution is -2.61. The van der Waals surface area contributed by atoms with E-state index >= 15 is 0 Å². The van der Waals surface area contributed by atoms with E-state index < -0.39 is 0 Å². The van der Waals surface area contributed by atoms with E-state index in [0.717, 1.165) is 89.9 Å². The Morgan fingerprint density at radius 1 is 0.175 bits per heavy atom. The highest BCUT2D eigenvalue weighted by atomic mass is 15.2. The Bertz CT molecular complexity index is 7280. The second-order valence-corrected chi connectivity index (χ2v) is 53.1. The van der Waals surface area contributed by atoms with Crippen LogP contribution in [0.25, 0.3) is 111 Å². The molecule has 0 saturated heterocycles. The van der Waals surface area contributed by atoms with Crippen molar-refractivity contribution in [3.8, 4) is 67.0 Å². The first-order valence-corrected chi connectivity index (χ1v) is 50.7. The van der Waals surface area contributed by atoms with E-state index in [1.54, 1.807) is 0 Å². The van der Waals surface area contributed by atoms with Gasteiger partial charge in [-0.25, -0.2) is 0 Å². The summed E-state index contributed by atoms with van der Waals surface area (Å²) < 4.78 is 5.29. The normalized spacial score (nSPS) is 13.9. The van der Waals surface area contributed by atoms with Gasteiger partial charge < -0.3 is 18.9 Å². The maximum Gasteiger partial charge on any atom is 0.252 e. The number of benzene rings is 14. The molecule has 0 aliphatic carbocycles. The molecule has 137 heavy (non-hydrogen) atoms. The van der Waals surface area contributed by atoms with Crippen molar-refractivity contribution in [2.24, 2.45) is 0 Å². The standard InChI is InChI=1S/C132H151BN4/c1-121(2,3)86-48-43-80(44-49-86)100-39-37-41-102(84-65-94(129(25,26)27)71-95(66-84)130(28,29)30)119(100)136-114-69-82(83-63-92(127(19,20)21)70-93(64-83)128(22,23)24)47-57-108(114)133-109-58-56-98(134-110-59-52-88(123(7,8)9)73-104(110)105-74-89(124(10,11)12)53-60-111(105)134)77-115(109)137(117-79-99(78-116(136)118(117)133)135-112-61-54-90(125(13,14)15)75-106(112)107-76-91(126(16,17)18)55-62-113(107)135)120-101(81-45-50-87(51-46-81)122(4,5)6)40-38-42-103(120)85-67-96(131(31,32)33)72-97(68-85)132(34,35)36/h37-79H,1-36H3. The molecule has 4 heterocycles. The lowest BCUT2D eigenvalue weighted by molar-refractivity contribution is 0.568. The number of hydrogen-bond donors (Lipinski definition) is 0. The van der Waals surface area contributed by atoms with Crippen LogP contribution in [0.5, 0.6) is 0 Å². The van der Waals surface area contributed by atoms with E-state index in [-0.39, 0.29) is 71.7 Å². The number of nitrogens with zero attached hydrogens (tertiary/aromatic N) is 4. The van der Waals surface area contributed by atoms with Gasteiger partial charge in [-0.1, -0.05) is 431 Å². The van der Waals surface area contributed by atoms with Crippen molar-refractivity contribution in [3.05, 3.63) is 328 Å². The predicted octanol–water partition coefficient (Wildman–Crippen LogP) is 35.9. The summed E-state index contributed by atoms with van der Waals surface area (Å²) in [6.45, 7) is 85.1. The molecule has 14 aromatic carbocycles. The molecule has 18 rings (SSSR count). The molecule has 0 N–H and O–H groups in total. The minimum absolute atomic E-state index is 0.0966. The maximum absolute atomic E-state index is 2.83. The number of anilines is 6. The number of aromatic nitrogens is 2. The molecular formula is C132H151BN4. The molecule has 0 saturated carbocycles. The van der Waals surface area contributed by atoms with Gasteiger partial charge in [0.2, 0.25) is 0 Å². The van der Waals surface area contributed by atoms with Crippen molar-refractivity contribution in [2.45, 2.75) is 314 Å². The van der Waals surface area contributed by atoms with Gasteiger partial charge >= 0.3 is 0 Å². The highest BCUT2D eigenvalue weighted by Gasteiger charge is 2.47. The van der Waals surface area contributed by atoms with Crippen LogP contribution in [0.3, 0.4) is 0 Å². The first-order valence-electron chi connectivity index (χ1n) is 50.7. The van der Waals surface area contributed by atoms with Crippen LogP contribution in [0.15, 0.2) is 261 Å². The van der Waals surface area contributed by atoms with Gasteiger partial charge in [0.15, 0.2) is 0 Å². The molecule has 0 bridgehead atoms. The zero-order valence-electron chi connectivity index (χ0n) is 89.7. The second-order valence-electron chi connectivity index (χ2n) is 53.1. The summed E-state index contributed by atoms with van der Waals surface area (Å²) in [6, 6.07) is 107. The summed E-state index contributed by atoms with van der Waals surface area (Å²) in [5, 5.41) is 4.99. The zero-order chi connectivity index (χ0) is 99.0. The Morgan fingerprint density at radius 3 is 0.708 bits per heavy atom. The van der Waals surface area contributed by atoms with Crippen molar-refractivity contribution >= 4 is 101 Å². The Labute approximate surface area is 822 Å². The molecule has 2 aliphatic heterocycles. The largest absolute Gasteiger partial charge is 0.310 e. The molecule has 5 heteroatoms. The van der Waals surface area contributed by atoms with E-state index in [0.29, 0.717) is 0 Å². The van der Waals surface area contributed by atoms with Gasteiger partial charge in [0, 0.05) is 72.2 Å². The van der Waals surface area contributed by atoms with Gasteiger partial charge in [0.25, 0.3) is 6.71 Å². The van der Waals surface area contributed by atoms with E-state index in [1.807, 2.05) is 0 Å². The van der Waals surface area contributed by atoms with Crippen LogP contribution >= 0.6 is 0 Å². The fraction of sp³-hybridized carbons (Fsp3) is 0.364. The van der Waals surface area contributed by atoms with Gasteiger partial charge in [0.1, 0.15) is 0 Å². The van der Waals surface area contributed by atoms with Gasteiger partial charge in [0.05, 0.1) is 39.1 Å². The lowest BCUT2D eigenvalue weighted by Gasteiger charge is -2.46. The van der Waals surface area contributed by atoms with Crippen LogP contribution in [-0.2, 0) is 65.0 Å². The van der Waals surface area contributed by atoms with E-state index in [1.165, 1.54) is 138 Å². The highest BCUT2D eigenvalue weighted by molar-refractivity contribution is 7.00. The Hall–Kier alpha value is -11.7. The lowest BCUT2D eigenvalue weighted by atomic mass is 9.33. The summed E-state index contributed by atoms with van der Waals surface area (Å²) in [5.41, 5.74) is 42.8. The fourth-order valence-corrected chi connectivity index (χ4v) is 21.1. The summed E-state index contributed by atoms with van der Waals surface area (Å²) in [4.78, 5) is 5.66. The smallest absolute Gasteiger partial charge is 0.252 e. The molecule has 2 aromatic heterocycles. The van der Waals surface area contributed by atoms with Crippen LogP contribution in [0.4, 0.5) is 34.1 Å². The van der Waals surface area contributed by atoms with Crippen molar-refractivity contribution < 1.29 is 0 Å². The summed E-state index contributed by atoms with van der Waals surface area (Å²) in [6.07, 6.45) is 0. The molecule has 0 unspecified atom stereocenters. The quantitative estimate of drug-likeness (QED) is 0.134. The number of rotatable bonds is 9. The Morgan fingerprint density at radius 2 is 0.416 bits per heavy atom. The van der Waals surface area contributed by atoms with Crippen molar-refractivity contribution in [1.29, 1.82) is 0 Å². The SMILES string of the molecule is CC(C)(C)c1ccc(-c2cccc(-c3cc(C(C)(C)C)cc(C(C)(C)C)c3)c2N2c3cc(-c4cc(C(C)(C)C)cc(C(C)(C)C)c4)ccc3B3c4ccc(-n5c6ccc(C(C)(C)C)cc6c6cc(C(C)(C)C)ccc65)cc4N(c4c(-c5ccc(C(C)(C)C)cc5)cccc4-c4cc(C(C)(C)C)cc(C(C)(C)C)c4)c4cc(-n5c6ccc(C(C)(C)C)cc6c6cc(C(C)(C)C)ccc65)cc2c43)cc1. The summed E-state index contributed by atoms with van der Waals surface area (Å²) in [5.74, 6) is 0. The average Bonchev–Trinajstić information content (AvgIpc) is 0.778. The van der Waals surface area contributed by atoms with Gasteiger partial charge in [-0.3, -0.25) is 0 Å². The van der Waals surface area contributed by atoms with Gasteiger partial charge in [-0.15, -0.1) is 0 Å². The second kappa shape index (κ2) is 32.5. The van der Waals surface area contributed by atoms with Crippen molar-refractivity contribution in [2.75, 3.05) is 9.80 Å². The molecular weight excluding hydrogens is 1650 g/mol. The van der Waals surface area contributed by atoms with Crippen LogP contribution in [0, 0.1) is 0 Å². The van der Waals surface area contributed by atoms with Crippen LogP contribution in [0.2, 0.25) is 0 Å². The Balaban J connectivity index is 1.11. The summed E-state index contributed by atoms with van der Waals surface area (Å²) >= 11 is 0. The molecule has 16 aromatic rings. The van der Waals surface area contributed by atoms with E-state index in [9.17, 15) is 0 Å². The minimum Gasteiger partial charge on any atom is -0.310 e. The monoisotopic (exact) mass is 1800 g/mol. The number of para-hydroxylation sites is 2. The number of hydrogen-bond acceptors (Lipinski definition) is 2. The predicted molar refractivity (Wildman–Crippen MR) is 601 cm³/mol. The fourth-order valence-electron chi connectivity index (χ4n) is 21.1. The molecule has 4 nitrogen and oxygen atoms in total. The van der Waals surface area contributed by atoms with Crippen molar-refractivity contribution in [3.63, 3.8) is 0 Å². The molecule has 0 amide bonds. The molecule has 702 valence electrons. The Kier molecular flexibility index (Phi) is 22.7. The van der Waals surface area contributed by atoms with E-state index in [2.05, 4.69) is 529 Å². The minimum atomic E-state index is -0.346. The number of fused-ring (bicyclic) bond motifs is 10. The van der Waals surface area contributed by atoms with Gasteiger partial charge in [-0.2, -0.15) is 0 Å². The molecule has 2 aliphatic rings. The third-order valence-corrected chi connectivity index (χ3v) is 30.1. The molecule has 0 radical (unpaired) electrons. The average molecular weight is 1800 g/mol. The van der Waals surface area contributed by atoms with Gasteiger partial charge in [-0.05, 0) is 260 Å². The molecule has 0 spiro atoms. The van der Waals surface area contributed by atoms with Crippen LogP contribution in [0.1, 0.15) is 316 Å². The zero-order valence-corrected chi connectivity index (χ0v) is 89.7.